The van der Waals surface area contributed by atoms with Crippen LogP contribution in [0.3, 0.4) is 0 Å². The normalized spacial score (nSPS) is 25.9. The van der Waals surface area contributed by atoms with Crippen LogP contribution in [0.4, 0.5) is 31.1 Å². The number of carbonyl (C=O) groups is 4. The number of fused-ring (bicyclic) bond motifs is 2. The Morgan fingerprint density at radius 2 is 1.60 bits per heavy atom. The fourth-order valence-electron chi connectivity index (χ4n) is 4.41. The molecule has 4 fully saturated rings. The Bertz CT molecular complexity index is 1100. The fourth-order valence-corrected chi connectivity index (χ4v) is 4.80. The molecular weight excluding hydrogens is 634 g/mol. The van der Waals surface area contributed by atoms with E-state index in [4.69, 9.17) is 29.2 Å². The molecule has 0 aromatic rings. The molecule has 0 aromatic carbocycles. The van der Waals surface area contributed by atoms with E-state index in [1.165, 1.54) is 4.90 Å². The third-order valence-electron chi connectivity index (χ3n) is 6.27. The summed E-state index contributed by atoms with van der Waals surface area (Å²) in [7, 11) is -4.81. The van der Waals surface area contributed by atoms with Gasteiger partial charge in [0.15, 0.2) is 0 Å². The number of alkyl halides is 6. The van der Waals surface area contributed by atoms with Crippen molar-refractivity contribution in [2.75, 3.05) is 32.8 Å². The van der Waals surface area contributed by atoms with Crippen LogP contribution >= 0.6 is 0 Å². The van der Waals surface area contributed by atoms with Gasteiger partial charge in [-0.25, -0.2) is 24.9 Å². The molecule has 4 aliphatic rings. The van der Waals surface area contributed by atoms with E-state index < -0.39 is 58.7 Å². The van der Waals surface area contributed by atoms with Gasteiger partial charge in [0.1, 0.15) is 6.04 Å². The number of piperidine rings is 1. The average molecular weight is 663 g/mol. The number of carboxylic acid groups (broad SMARTS) is 2. The standard InChI is InChI=1S/C15H26N6O7S.2C2HF3O2/c22-14(18-27-9-10-6-12(7-16-10)20-5-1-4-17-20)13-3-2-11-8-19(13)15(23)21(11)28-29(24,25)26;2*3-2(4,5)1(6)7/h10-13,16-17H,1-9H2,(H,18,22)(H,24,25,26);2*(H,6,7)/t10-,11-,12+,13+;;/m1../s1. The lowest BCUT2D eigenvalue weighted by molar-refractivity contribution is -0.193. The summed E-state index contributed by atoms with van der Waals surface area (Å²) in [5, 5.41) is 20.5. The molecule has 0 aromatic heterocycles. The van der Waals surface area contributed by atoms with Crippen molar-refractivity contribution in [3.8, 4) is 0 Å². The highest BCUT2D eigenvalue weighted by molar-refractivity contribution is 7.80. The number of hydrogen-bond acceptors (Lipinski definition) is 11. The molecule has 248 valence electrons. The van der Waals surface area contributed by atoms with E-state index in [0.29, 0.717) is 30.6 Å². The summed E-state index contributed by atoms with van der Waals surface area (Å²) in [5.74, 6) is -5.98. The Morgan fingerprint density at radius 1 is 1.02 bits per heavy atom. The van der Waals surface area contributed by atoms with Crippen LogP contribution in [-0.4, -0.2) is 131 Å². The van der Waals surface area contributed by atoms with Gasteiger partial charge in [-0.2, -0.15) is 39.8 Å². The van der Waals surface area contributed by atoms with Crippen molar-refractivity contribution in [3.05, 3.63) is 0 Å². The molecule has 17 nitrogen and oxygen atoms in total. The number of carbonyl (C=O) groups excluding carboxylic acids is 2. The van der Waals surface area contributed by atoms with Crippen molar-refractivity contribution in [1.82, 2.24) is 31.2 Å². The molecule has 3 amide bonds. The summed E-state index contributed by atoms with van der Waals surface area (Å²) in [4.78, 5) is 49.2. The van der Waals surface area contributed by atoms with Gasteiger partial charge in [-0.05, 0) is 25.7 Å². The SMILES string of the molecule is O=C(NOC[C@H]1C[C@H](N2CCCN2)CN1)[C@@H]1CC[C@@H]2CN1C(=O)N2OS(=O)(=O)O.O=C(O)C(F)(F)F.O=C(O)C(F)(F)F. The van der Waals surface area contributed by atoms with E-state index in [9.17, 15) is 44.3 Å². The minimum absolute atomic E-state index is 0.116. The van der Waals surface area contributed by atoms with Crippen LogP contribution < -0.4 is 16.2 Å². The first-order valence-corrected chi connectivity index (χ1v) is 13.6. The Labute approximate surface area is 238 Å². The average Bonchev–Trinajstić information content (AvgIpc) is 3.61. The number of aliphatic carboxylic acids is 2. The topological polar surface area (TPSA) is 227 Å². The number of nitrogens with zero attached hydrogens (tertiary/aromatic N) is 3. The van der Waals surface area contributed by atoms with Crippen LogP contribution in [-0.2, 0) is 33.9 Å². The van der Waals surface area contributed by atoms with Crippen molar-refractivity contribution in [3.63, 3.8) is 0 Å². The van der Waals surface area contributed by atoms with Crippen molar-refractivity contribution in [1.29, 1.82) is 0 Å². The first-order chi connectivity index (χ1) is 19.7. The summed E-state index contributed by atoms with van der Waals surface area (Å²) >= 11 is 0. The van der Waals surface area contributed by atoms with E-state index >= 15 is 0 Å². The Morgan fingerprint density at radius 3 is 2.09 bits per heavy atom. The molecule has 4 atom stereocenters. The molecule has 4 saturated heterocycles. The van der Waals surface area contributed by atoms with Gasteiger partial charge in [-0.1, -0.05) is 0 Å². The first-order valence-electron chi connectivity index (χ1n) is 12.2. The maximum Gasteiger partial charge on any atom is 0.490 e. The summed E-state index contributed by atoms with van der Waals surface area (Å²) in [6, 6.07) is -1.58. The Kier molecular flexibility index (Phi) is 12.3. The zero-order valence-electron chi connectivity index (χ0n) is 21.8. The summed E-state index contributed by atoms with van der Waals surface area (Å²) in [6.45, 7) is 3.32. The van der Waals surface area contributed by atoms with E-state index in [1.807, 2.05) is 0 Å². The molecule has 0 aliphatic carbocycles. The zero-order chi connectivity index (χ0) is 32.8. The van der Waals surface area contributed by atoms with Crippen LogP contribution in [0, 0.1) is 0 Å². The molecule has 0 unspecified atom stereocenters. The predicted molar refractivity (Wildman–Crippen MR) is 124 cm³/mol. The van der Waals surface area contributed by atoms with Crippen molar-refractivity contribution >= 4 is 34.3 Å². The van der Waals surface area contributed by atoms with Gasteiger partial charge in [-0.15, -0.1) is 4.28 Å². The number of amides is 3. The maximum atomic E-state index is 12.5. The number of urea groups is 1. The third kappa shape index (κ3) is 11.2. The van der Waals surface area contributed by atoms with Crippen LogP contribution in [0.1, 0.15) is 25.7 Å². The quantitative estimate of drug-likeness (QED) is 0.112. The number of rotatable bonds is 7. The van der Waals surface area contributed by atoms with Crippen LogP contribution in [0.15, 0.2) is 0 Å². The summed E-state index contributed by atoms with van der Waals surface area (Å²) in [6.07, 6.45) is -7.43. The van der Waals surface area contributed by atoms with Crippen molar-refractivity contribution in [2.24, 2.45) is 0 Å². The van der Waals surface area contributed by atoms with Crippen LogP contribution in [0.25, 0.3) is 0 Å². The van der Waals surface area contributed by atoms with Gasteiger partial charge in [0.25, 0.3) is 5.91 Å². The number of hydrazine groups is 1. The van der Waals surface area contributed by atoms with Gasteiger partial charge in [0.2, 0.25) is 0 Å². The second kappa shape index (κ2) is 14.6. The highest BCUT2D eigenvalue weighted by atomic mass is 32.3. The highest BCUT2D eigenvalue weighted by Gasteiger charge is 2.49. The number of nitrogens with one attached hydrogen (secondary N) is 3. The molecule has 43 heavy (non-hydrogen) atoms. The largest absolute Gasteiger partial charge is 0.490 e. The monoisotopic (exact) mass is 662 g/mol. The van der Waals surface area contributed by atoms with Crippen LogP contribution in [0.5, 0.6) is 0 Å². The molecule has 0 radical (unpaired) electrons. The predicted octanol–water partition coefficient (Wildman–Crippen LogP) is -0.755. The minimum atomic E-state index is -5.08. The van der Waals surface area contributed by atoms with Crippen LogP contribution in [0.2, 0.25) is 0 Å². The molecule has 0 spiro atoms. The van der Waals surface area contributed by atoms with Gasteiger partial charge in [-0.3, -0.25) is 19.6 Å². The number of carboxylic acids is 2. The molecule has 4 heterocycles. The Hall–Kier alpha value is -3.03. The third-order valence-corrected chi connectivity index (χ3v) is 6.62. The second-order valence-corrected chi connectivity index (χ2v) is 10.3. The van der Waals surface area contributed by atoms with E-state index in [0.717, 1.165) is 32.5 Å². The zero-order valence-corrected chi connectivity index (χ0v) is 22.6. The number of hydrogen-bond donors (Lipinski definition) is 6. The molecule has 24 heteroatoms. The molecule has 2 bridgehead atoms. The molecule has 4 aliphatic heterocycles. The van der Waals surface area contributed by atoms with Gasteiger partial charge >= 0.3 is 40.7 Å². The number of halogens is 6. The fraction of sp³-hybridized carbons (Fsp3) is 0.789. The highest BCUT2D eigenvalue weighted by Crippen LogP contribution is 2.30. The van der Waals surface area contributed by atoms with E-state index in [-0.39, 0.29) is 12.6 Å². The lowest BCUT2D eigenvalue weighted by Crippen LogP contribution is -2.50. The Balaban J connectivity index is 0.000000384. The smallest absolute Gasteiger partial charge is 0.475 e. The van der Waals surface area contributed by atoms with Gasteiger partial charge in [0.05, 0.1) is 12.6 Å². The molecule has 6 N–H and O–H groups in total. The van der Waals surface area contributed by atoms with E-state index in [1.54, 1.807) is 0 Å². The second-order valence-electron chi connectivity index (χ2n) is 9.34. The summed E-state index contributed by atoms with van der Waals surface area (Å²) < 4.78 is 98.5. The summed E-state index contributed by atoms with van der Waals surface area (Å²) in [5.41, 5.74) is 5.75. The molecule has 4 rings (SSSR count). The van der Waals surface area contributed by atoms with Crippen molar-refractivity contribution in [2.45, 2.75) is 62.2 Å². The van der Waals surface area contributed by atoms with Crippen molar-refractivity contribution < 1.29 is 77.8 Å². The maximum absolute atomic E-state index is 12.5. The van der Waals surface area contributed by atoms with E-state index in [2.05, 4.69) is 25.5 Å². The molecular formula is C19H28F6N6O11S. The number of hydroxylamine groups is 3. The lowest BCUT2D eigenvalue weighted by Gasteiger charge is -2.29. The lowest BCUT2D eigenvalue weighted by atomic mass is 10.0. The molecule has 0 saturated carbocycles. The van der Waals surface area contributed by atoms with Gasteiger partial charge < -0.3 is 20.4 Å². The first kappa shape index (κ1) is 36.2. The van der Waals surface area contributed by atoms with Gasteiger partial charge in [0, 0.05) is 38.3 Å². The minimum Gasteiger partial charge on any atom is -0.475 e.